The monoisotopic (exact) mass is 383 g/mol. The quantitative estimate of drug-likeness (QED) is 0.569. The molecular weight excluding hydrogens is 350 g/mol. The molecule has 2 aromatic rings. The highest BCUT2D eigenvalue weighted by Crippen LogP contribution is 2.16. The molecule has 0 aliphatic carbocycles. The van der Waals surface area contributed by atoms with Crippen LogP contribution in [0.5, 0.6) is 0 Å². The van der Waals surface area contributed by atoms with E-state index in [0.717, 1.165) is 56.1 Å². The van der Waals surface area contributed by atoms with Crippen LogP contribution in [0, 0.1) is 5.92 Å². The minimum absolute atomic E-state index is 0.488. The molecule has 0 bridgehead atoms. The van der Waals surface area contributed by atoms with Gasteiger partial charge in [0.1, 0.15) is 0 Å². The molecule has 1 aromatic heterocycles. The normalized spacial score (nSPS) is 17.1. The van der Waals surface area contributed by atoms with E-state index in [1.807, 2.05) is 19.3 Å². The van der Waals surface area contributed by atoms with Crippen molar-refractivity contribution in [3.63, 3.8) is 0 Å². The summed E-state index contributed by atoms with van der Waals surface area (Å²) < 4.78 is 5.52. The Balaban J connectivity index is 1.58. The average Bonchev–Trinajstić information content (AvgIpc) is 2.73. The first-order valence-corrected chi connectivity index (χ1v) is 10.3. The molecule has 1 aromatic carbocycles. The van der Waals surface area contributed by atoms with Crippen molar-refractivity contribution in [2.45, 2.75) is 32.9 Å². The lowest BCUT2D eigenvalue weighted by molar-refractivity contribution is 0.0132. The smallest absolute Gasteiger partial charge is 0.191 e. The van der Waals surface area contributed by atoms with Gasteiger partial charge in [-0.2, -0.15) is 0 Å². The van der Waals surface area contributed by atoms with E-state index >= 15 is 0 Å². The maximum absolute atomic E-state index is 5.52. The third-order valence-corrected chi connectivity index (χ3v) is 5.20. The van der Waals surface area contributed by atoms with E-state index in [-0.39, 0.29) is 0 Å². The molecule has 6 heteroatoms. The van der Waals surface area contributed by atoms with Crippen LogP contribution in [0.2, 0.25) is 0 Å². The summed E-state index contributed by atoms with van der Waals surface area (Å²) in [6.07, 6.45) is 3.01. The summed E-state index contributed by atoms with van der Waals surface area (Å²) in [6.45, 7) is 9.82. The summed E-state index contributed by atoms with van der Waals surface area (Å²) in [4.78, 5) is 11.5. The fraction of sp³-hybridized carbons (Fsp3) is 0.545. The average molecular weight is 384 g/mol. The van der Waals surface area contributed by atoms with Crippen LogP contribution in [0.25, 0.3) is 10.9 Å². The number of guanidine groups is 1. The van der Waals surface area contributed by atoms with E-state index in [1.54, 1.807) is 0 Å². The van der Waals surface area contributed by atoms with Crippen molar-refractivity contribution < 1.29 is 4.74 Å². The number of pyridine rings is 1. The van der Waals surface area contributed by atoms with Gasteiger partial charge in [0, 0.05) is 50.9 Å². The largest absolute Gasteiger partial charge is 0.379 e. The van der Waals surface area contributed by atoms with Crippen LogP contribution in [-0.4, -0.2) is 61.8 Å². The van der Waals surface area contributed by atoms with Gasteiger partial charge in [-0.3, -0.25) is 14.9 Å². The van der Waals surface area contributed by atoms with Gasteiger partial charge >= 0.3 is 0 Å². The molecule has 1 saturated heterocycles. The predicted molar refractivity (Wildman–Crippen MR) is 116 cm³/mol. The molecule has 6 nitrogen and oxygen atoms in total. The lowest BCUT2D eigenvalue weighted by atomic mass is 10.0. The Labute approximate surface area is 168 Å². The summed E-state index contributed by atoms with van der Waals surface area (Å²) in [5, 5.41) is 8.13. The topological polar surface area (TPSA) is 61.8 Å². The van der Waals surface area contributed by atoms with Crippen molar-refractivity contribution in [1.82, 2.24) is 20.5 Å². The second-order valence-electron chi connectivity index (χ2n) is 7.73. The van der Waals surface area contributed by atoms with E-state index in [2.05, 4.69) is 63.6 Å². The first kappa shape index (κ1) is 20.6. The molecule has 0 spiro atoms. The van der Waals surface area contributed by atoms with Crippen molar-refractivity contribution in [2.24, 2.45) is 10.9 Å². The molecule has 1 unspecified atom stereocenters. The summed E-state index contributed by atoms with van der Waals surface area (Å²) in [5.41, 5.74) is 2.21. The van der Waals surface area contributed by atoms with Gasteiger partial charge in [-0.25, -0.2) is 0 Å². The van der Waals surface area contributed by atoms with Crippen LogP contribution in [-0.2, 0) is 11.3 Å². The van der Waals surface area contributed by atoms with Gasteiger partial charge in [0.2, 0.25) is 0 Å². The minimum atomic E-state index is 0.488. The van der Waals surface area contributed by atoms with Gasteiger partial charge in [0.15, 0.2) is 5.96 Å². The van der Waals surface area contributed by atoms with Gasteiger partial charge in [-0.1, -0.05) is 38.1 Å². The van der Waals surface area contributed by atoms with Crippen LogP contribution < -0.4 is 10.6 Å². The van der Waals surface area contributed by atoms with Crippen LogP contribution in [0.1, 0.15) is 25.8 Å². The Kier molecular flexibility index (Phi) is 7.62. The summed E-state index contributed by atoms with van der Waals surface area (Å²) in [7, 11) is 1.82. The molecule has 0 saturated carbocycles. The number of para-hydroxylation sites is 1. The maximum Gasteiger partial charge on any atom is 0.191 e. The van der Waals surface area contributed by atoms with Crippen molar-refractivity contribution >= 4 is 16.9 Å². The van der Waals surface area contributed by atoms with Crippen molar-refractivity contribution in [2.75, 3.05) is 39.9 Å². The van der Waals surface area contributed by atoms with E-state index in [4.69, 9.17) is 4.74 Å². The van der Waals surface area contributed by atoms with Gasteiger partial charge in [0.25, 0.3) is 0 Å². The van der Waals surface area contributed by atoms with Gasteiger partial charge in [0.05, 0.1) is 18.7 Å². The molecule has 28 heavy (non-hydrogen) atoms. The van der Waals surface area contributed by atoms with Crippen LogP contribution in [0.3, 0.4) is 0 Å². The zero-order valence-corrected chi connectivity index (χ0v) is 17.3. The number of nitrogens with one attached hydrogen (secondary N) is 2. The second kappa shape index (κ2) is 10.4. The summed E-state index contributed by atoms with van der Waals surface area (Å²) in [6, 6.07) is 10.8. The highest BCUT2D eigenvalue weighted by atomic mass is 16.5. The van der Waals surface area contributed by atoms with Crippen LogP contribution in [0.15, 0.2) is 41.5 Å². The Morgan fingerprint density at radius 2 is 1.96 bits per heavy atom. The molecule has 152 valence electrons. The highest BCUT2D eigenvalue weighted by Gasteiger charge is 2.22. The van der Waals surface area contributed by atoms with Gasteiger partial charge < -0.3 is 15.4 Å². The predicted octanol–water partition coefficient (Wildman–Crippen LogP) is 2.65. The molecule has 1 atom stereocenters. The number of fused-ring (bicyclic) bond motifs is 1. The number of ether oxygens (including phenoxy) is 1. The number of morpholine rings is 1. The van der Waals surface area contributed by atoms with Gasteiger partial charge in [-0.05, 0) is 24.0 Å². The van der Waals surface area contributed by atoms with Crippen molar-refractivity contribution in [3.8, 4) is 0 Å². The number of nitrogens with zero attached hydrogens (tertiary/aromatic N) is 3. The van der Waals surface area contributed by atoms with Gasteiger partial charge in [-0.15, -0.1) is 0 Å². The maximum atomic E-state index is 5.52. The fourth-order valence-electron chi connectivity index (χ4n) is 3.77. The molecule has 0 amide bonds. The number of aliphatic imine (C=N–C) groups is 1. The summed E-state index contributed by atoms with van der Waals surface area (Å²) in [5.74, 6) is 1.49. The number of rotatable bonds is 7. The number of aromatic nitrogens is 1. The zero-order valence-electron chi connectivity index (χ0n) is 17.3. The Hall–Kier alpha value is -2.18. The number of hydrogen-bond donors (Lipinski definition) is 2. The van der Waals surface area contributed by atoms with E-state index in [1.165, 1.54) is 5.56 Å². The lowest BCUT2D eigenvalue weighted by Gasteiger charge is -2.35. The van der Waals surface area contributed by atoms with E-state index < -0.39 is 0 Å². The lowest BCUT2D eigenvalue weighted by Crippen LogP contribution is -2.50. The third-order valence-electron chi connectivity index (χ3n) is 5.20. The first-order chi connectivity index (χ1) is 13.7. The number of benzene rings is 1. The van der Waals surface area contributed by atoms with Crippen molar-refractivity contribution in [3.05, 3.63) is 42.1 Å². The number of hydrogen-bond acceptors (Lipinski definition) is 4. The molecule has 1 aliphatic heterocycles. The Bertz CT molecular complexity index is 765. The minimum Gasteiger partial charge on any atom is -0.379 e. The molecule has 0 radical (unpaired) electrons. The first-order valence-electron chi connectivity index (χ1n) is 10.3. The van der Waals surface area contributed by atoms with Crippen LogP contribution >= 0.6 is 0 Å². The van der Waals surface area contributed by atoms with Crippen molar-refractivity contribution in [1.29, 1.82) is 0 Å². The highest BCUT2D eigenvalue weighted by molar-refractivity contribution is 5.83. The molecule has 1 aliphatic rings. The van der Waals surface area contributed by atoms with Crippen LogP contribution in [0.4, 0.5) is 0 Å². The molecule has 3 rings (SSSR count). The van der Waals surface area contributed by atoms with E-state index in [0.29, 0.717) is 18.5 Å². The zero-order chi connectivity index (χ0) is 19.8. The SMILES string of the molecule is CN=C(NCc1cccc2cccnc12)NCC(CC(C)C)N1CCOCC1. The molecule has 2 heterocycles. The third kappa shape index (κ3) is 5.66. The summed E-state index contributed by atoms with van der Waals surface area (Å²) >= 11 is 0. The molecular formula is C22H33N5O. The standard InChI is InChI=1S/C22H33N5O/c1-17(2)14-20(27-10-12-28-13-11-27)16-26-22(23-3)25-15-19-7-4-6-18-8-5-9-24-21(18)19/h4-9,17,20H,10-16H2,1-3H3,(H2,23,25,26). The second-order valence-corrected chi connectivity index (χ2v) is 7.73. The Morgan fingerprint density at radius 3 is 2.71 bits per heavy atom. The Morgan fingerprint density at radius 1 is 1.18 bits per heavy atom. The van der Waals surface area contributed by atoms with E-state index in [9.17, 15) is 0 Å². The molecule has 1 fully saturated rings. The molecule has 2 N–H and O–H groups in total. The fourth-order valence-corrected chi connectivity index (χ4v) is 3.77.